The fourth-order valence-electron chi connectivity index (χ4n) is 2.50. The molecule has 0 aliphatic heterocycles. The van der Waals surface area contributed by atoms with E-state index in [2.05, 4.69) is 15.9 Å². The van der Waals surface area contributed by atoms with E-state index < -0.39 is 5.91 Å². The fourth-order valence-corrected chi connectivity index (χ4v) is 2.96. The maximum absolute atomic E-state index is 11.5. The van der Waals surface area contributed by atoms with Gasteiger partial charge in [-0.1, -0.05) is 22.0 Å². The molecule has 0 aromatic heterocycles. The number of carbonyl (C=O) groups is 1. The number of carbonyl (C=O) groups excluding carboxylic acids is 1. The summed E-state index contributed by atoms with van der Waals surface area (Å²) in [6.07, 6.45) is 0.710. The van der Waals surface area contributed by atoms with Gasteiger partial charge in [-0.2, -0.15) is 0 Å². The van der Waals surface area contributed by atoms with Gasteiger partial charge < -0.3 is 11.5 Å². The van der Waals surface area contributed by atoms with Crippen molar-refractivity contribution < 1.29 is 4.79 Å². The lowest BCUT2D eigenvalue weighted by Gasteiger charge is -2.06. The zero-order chi connectivity index (χ0) is 12.9. The van der Waals surface area contributed by atoms with Crippen molar-refractivity contribution in [1.29, 1.82) is 0 Å². The third-order valence-electron chi connectivity index (χ3n) is 3.27. The minimum Gasteiger partial charge on any atom is -0.399 e. The Morgan fingerprint density at radius 2 is 1.94 bits per heavy atom. The molecule has 0 unspecified atom stereocenters. The predicted molar refractivity (Wildman–Crippen MR) is 75.3 cm³/mol. The van der Waals surface area contributed by atoms with Gasteiger partial charge in [-0.25, -0.2) is 0 Å². The average molecular weight is 303 g/mol. The van der Waals surface area contributed by atoms with Gasteiger partial charge in [0.05, 0.1) is 0 Å². The summed E-state index contributed by atoms with van der Waals surface area (Å²) in [5.74, 6) is -0.395. The normalized spacial score (nSPS) is 12.1. The molecule has 0 saturated carbocycles. The number of primary amides is 1. The van der Waals surface area contributed by atoms with Gasteiger partial charge in [0.2, 0.25) is 5.91 Å². The van der Waals surface area contributed by atoms with Gasteiger partial charge in [-0.05, 0) is 52.9 Å². The Morgan fingerprint density at radius 3 is 2.67 bits per heavy atom. The van der Waals surface area contributed by atoms with Crippen molar-refractivity contribution in [2.45, 2.75) is 6.42 Å². The molecule has 2 aromatic rings. The number of nitrogen functional groups attached to an aromatic ring is 1. The van der Waals surface area contributed by atoms with Gasteiger partial charge in [0.25, 0.3) is 0 Å². The van der Waals surface area contributed by atoms with Gasteiger partial charge in [0, 0.05) is 15.7 Å². The molecule has 0 heterocycles. The molecule has 2 aromatic carbocycles. The second-order valence-electron chi connectivity index (χ2n) is 4.44. The topological polar surface area (TPSA) is 69.1 Å². The summed E-state index contributed by atoms with van der Waals surface area (Å²) in [5, 5.41) is 0. The summed E-state index contributed by atoms with van der Waals surface area (Å²) in [6.45, 7) is 0. The lowest BCUT2D eigenvalue weighted by Crippen LogP contribution is -2.13. The van der Waals surface area contributed by atoms with Crippen LogP contribution in [0.25, 0.3) is 11.1 Å². The summed E-state index contributed by atoms with van der Waals surface area (Å²) >= 11 is 3.42. The highest BCUT2D eigenvalue weighted by atomic mass is 79.9. The van der Waals surface area contributed by atoms with E-state index >= 15 is 0 Å². The van der Waals surface area contributed by atoms with Crippen LogP contribution in [0.5, 0.6) is 0 Å². The first-order chi connectivity index (χ1) is 8.56. The van der Waals surface area contributed by atoms with E-state index in [1.165, 1.54) is 0 Å². The van der Waals surface area contributed by atoms with E-state index in [-0.39, 0.29) is 0 Å². The van der Waals surface area contributed by atoms with E-state index in [9.17, 15) is 4.79 Å². The summed E-state index contributed by atoms with van der Waals surface area (Å²) in [5.41, 5.74) is 16.9. The van der Waals surface area contributed by atoms with Gasteiger partial charge >= 0.3 is 0 Å². The van der Waals surface area contributed by atoms with Crippen molar-refractivity contribution in [3.8, 4) is 11.1 Å². The molecule has 0 radical (unpaired) electrons. The smallest absolute Gasteiger partial charge is 0.249 e. The molecule has 1 aliphatic rings. The van der Waals surface area contributed by atoms with Crippen molar-refractivity contribution in [3.05, 3.63) is 51.5 Å². The SMILES string of the molecule is NC(=O)c1cc(Br)cc2c1Cc1cc(N)ccc1-2. The molecule has 4 heteroatoms. The average Bonchev–Trinajstić information content (AvgIpc) is 2.65. The monoisotopic (exact) mass is 302 g/mol. The van der Waals surface area contributed by atoms with Crippen LogP contribution in [0.15, 0.2) is 34.8 Å². The maximum Gasteiger partial charge on any atom is 0.249 e. The molecule has 0 fully saturated rings. The molecule has 18 heavy (non-hydrogen) atoms. The zero-order valence-corrected chi connectivity index (χ0v) is 11.1. The molecule has 0 spiro atoms. The molecule has 0 bridgehead atoms. The Labute approximate surface area is 113 Å². The largest absolute Gasteiger partial charge is 0.399 e. The number of anilines is 1. The van der Waals surface area contributed by atoms with Crippen LogP contribution < -0.4 is 11.5 Å². The highest BCUT2D eigenvalue weighted by Gasteiger charge is 2.23. The molecule has 1 amide bonds. The fraction of sp³-hybridized carbons (Fsp3) is 0.0714. The van der Waals surface area contributed by atoms with Crippen LogP contribution in [-0.4, -0.2) is 5.91 Å². The number of hydrogen-bond acceptors (Lipinski definition) is 2. The third-order valence-corrected chi connectivity index (χ3v) is 3.72. The highest BCUT2D eigenvalue weighted by Crippen LogP contribution is 2.40. The van der Waals surface area contributed by atoms with Crippen LogP contribution in [-0.2, 0) is 6.42 Å². The van der Waals surface area contributed by atoms with Crippen LogP contribution in [0.4, 0.5) is 5.69 Å². The first-order valence-corrected chi connectivity index (χ1v) is 6.36. The Morgan fingerprint density at radius 1 is 1.17 bits per heavy atom. The van der Waals surface area contributed by atoms with Crippen LogP contribution in [0.1, 0.15) is 21.5 Å². The van der Waals surface area contributed by atoms with Gasteiger partial charge in [-0.3, -0.25) is 4.79 Å². The Bertz CT molecular complexity index is 680. The van der Waals surface area contributed by atoms with Crippen molar-refractivity contribution in [2.24, 2.45) is 5.73 Å². The number of nitrogens with two attached hydrogens (primary N) is 2. The number of rotatable bonds is 1. The standard InChI is InChI=1S/C14H11BrN2O/c15-8-5-12-10-2-1-9(16)3-7(10)4-11(12)13(6-8)14(17)18/h1-3,5-6H,4,16H2,(H2,17,18). The van der Waals surface area contributed by atoms with Crippen LogP contribution in [0.3, 0.4) is 0 Å². The van der Waals surface area contributed by atoms with Gasteiger partial charge in [0.15, 0.2) is 0 Å². The van der Waals surface area contributed by atoms with Crippen molar-refractivity contribution in [2.75, 3.05) is 5.73 Å². The summed E-state index contributed by atoms with van der Waals surface area (Å²) in [6, 6.07) is 9.61. The molecule has 4 N–H and O–H groups in total. The van der Waals surface area contributed by atoms with E-state index in [0.29, 0.717) is 12.0 Å². The van der Waals surface area contributed by atoms with Crippen LogP contribution in [0, 0.1) is 0 Å². The van der Waals surface area contributed by atoms with E-state index in [1.807, 2.05) is 24.3 Å². The molecule has 0 atom stereocenters. The maximum atomic E-state index is 11.5. The zero-order valence-electron chi connectivity index (χ0n) is 9.53. The molecule has 90 valence electrons. The molecule has 3 nitrogen and oxygen atoms in total. The summed E-state index contributed by atoms with van der Waals surface area (Å²) in [4.78, 5) is 11.5. The first kappa shape index (κ1) is 11.3. The number of amides is 1. The third kappa shape index (κ3) is 1.61. The highest BCUT2D eigenvalue weighted by molar-refractivity contribution is 9.10. The predicted octanol–water partition coefficient (Wildman–Crippen LogP) is 2.70. The second-order valence-corrected chi connectivity index (χ2v) is 5.35. The first-order valence-electron chi connectivity index (χ1n) is 5.57. The number of fused-ring (bicyclic) bond motifs is 3. The second kappa shape index (κ2) is 3.85. The summed E-state index contributed by atoms with van der Waals surface area (Å²) in [7, 11) is 0. The lowest BCUT2D eigenvalue weighted by atomic mass is 10.0. The van der Waals surface area contributed by atoms with Gasteiger partial charge in [0.1, 0.15) is 0 Å². The molecule has 1 aliphatic carbocycles. The number of hydrogen-bond donors (Lipinski definition) is 2. The lowest BCUT2D eigenvalue weighted by molar-refractivity contribution is 0.0999. The Hall–Kier alpha value is -1.81. The van der Waals surface area contributed by atoms with Gasteiger partial charge in [-0.15, -0.1) is 0 Å². The quantitative estimate of drug-likeness (QED) is 0.679. The minimum absolute atomic E-state index is 0.395. The number of benzene rings is 2. The molecular weight excluding hydrogens is 292 g/mol. The Kier molecular flexibility index (Phi) is 2.41. The summed E-state index contributed by atoms with van der Waals surface area (Å²) < 4.78 is 0.861. The van der Waals surface area contributed by atoms with E-state index in [4.69, 9.17) is 11.5 Å². The molecule has 3 rings (SSSR count). The Balaban J connectivity index is 2.29. The van der Waals surface area contributed by atoms with Crippen LogP contribution in [0.2, 0.25) is 0 Å². The molecule has 0 saturated heterocycles. The van der Waals surface area contributed by atoms with Crippen molar-refractivity contribution in [1.82, 2.24) is 0 Å². The van der Waals surface area contributed by atoms with Crippen molar-refractivity contribution >= 4 is 27.5 Å². The number of halogens is 1. The molecular formula is C14H11BrN2O. The van der Waals surface area contributed by atoms with Crippen LogP contribution >= 0.6 is 15.9 Å². The van der Waals surface area contributed by atoms with E-state index in [1.54, 1.807) is 6.07 Å². The van der Waals surface area contributed by atoms with E-state index in [0.717, 1.165) is 32.4 Å². The minimum atomic E-state index is -0.395. The van der Waals surface area contributed by atoms with Crippen molar-refractivity contribution in [3.63, 3.8) is 0 Å².